The Morgan fingerprint density at radius 2 is 2.10 bits per heavy atom. The molecule has 0 bridgehead atoms. The fraction of sp³-hybridized carbons (Fsp3) is 0.154. The van der Waals surface area contributed by atoms with Crippen molar-refractivity contribution in [2.75, 3.05) is 0 Å². The van der Waals surface area contributed by atoms with Crippen molar-refractivity contribution in [1.29, 1.82) is 0 Å². The highest BCUT2D eigenvalue weighted by atomic mass is 16.1. The van der Waals surface area contributed by atoms with E-state index in [4.69, 9.17) is 0 Å². The number of hydrogen-bond donors (Lipinski definition) is 3. The molecule has 0 fully saturated rings. The smallest absolute Gasteiger partial charge is 0.272 e. The number of nitrogens with zero attached hydrogens (tertiary/aromatic N) is 4. The van der Waals surface area contributed by atoms with Gasteiger partial charge in [0.25, 0.3) is 5.91 Å². The van der Waals surface area contributed by atoms with E-state index in [0.717, 1.165) is 5.56 Å². The minimum Gasteiger partial charge on any atom is -0.343 e. The van der Waals surface area contributed by atoms with Crippen LogP contribution in [0.2, 0.25) is 0 Å². The molecule has 0 radical (unpaired) electrons. The Bertz CT molecular complexity index is 733. The Labute approximate surface area is 120 Å². The zero-order valence-electron chi connectivity index (χ0n) is 11.3. The van der Waals surface area contributed by atoms with Gasteiger partial charge >= 0.3 is 0 Å². The molecule has 1 aromatic carbocycles. The summed E-state index contributed by atoms with van der Waals surface area (Å²) < 4.78 is 0. The lowest BCUT2D eigenvalue weighted by atomic mass is 10.2. The average Bonchev–Trinajstić information content (AvgIpc) is 3.15. The molecule has 0 saturated carbocycles. The average molecular weight is 283 g/mol. The monoisotopic (exact) mass is 283 g/mol. The zero-order valence-corrected chi connectivity index (χ0v) is 11.3. The summed E-state index contributed by atoms with van der Waals surface area (Å²) in [5, 5.41) is 16.0. The van der Waals surface area contributed by atoms with Crippen LogP contribution >= 0.6 is 0 Å². The molecule has 3 N–H and O–H groups in total. The number of carbonyl (C=O) groups excluding carboxylic acids is 1. The summed E-state index contributed by atoms with van der Waals surface area (Å²) in [4.78, 5) is 19.6. The number of aromatic nitrogens is 6. The molecule has 106 valence electrons. The molecule has 0 atom stereocenters. The van der Waals surface area contributed by atoms with Gasteiger partial charge in [-0.1, -0.05) is 35.5 Å². The predicted molar refractivity (Wildman–Crippen MR) is 74.1 cm³/mol. The maximum Gasteiger partial charge on any atom is 0.272 e. The van der Waals surface area contributed by atoms with Crippen LogP contribution in [-0.4, -0.2) is 36.5 Å². The molecule has 2 aromatic heterocycles. The first-order chi connectivity index (χ1) is 10.2. The van der Waals surface area contributed by atoms with Crippen LogP contribution in [0.1, 0.15) is 22.0 Å². The van der Waals surface area contributed by atoms with Gasteiger partial charge in [-0.3, -0.25) is 4.79 Å². The van der Waals surface area contributed by atoms with Crippen LogP contribution in [0, 0.1) is 6.92 Å². The number of H-pyrrole nitrogens is 2. The van der Waals surface area contributed by atoms with Crippen LogP contribution < -0.4 is 5.32 Å². The second-order valence-electron chi connectivity index (χ2n) is 4.44. The third kappa shape index (κ3) is 2.78. The summed E-state index contributed by atoms with van der Waals surface area (Å²) in [5.41, 5.74) is 2.00. The van der Waals surface area contributed by atoms with Gasteiger partial charge in [-0.2, -0.15) is 5.21 Å². The number of amides is 1. The van der Waals surface area contributed by atoms with Crippen LogP contribution in [0.25, 0.3) is 11.4 Å². The van der Waals surface area contributed by atoms with E-state index >= 15 is 0 Å². The lowest BCUT2D eigenvalue weighted by molar-refractivity contribution is 0.0945. The Hall–Kier alpha value is -3.03. The number of imidazole rings is 1. The van der Waals surface area contributed by atoms with Crippen LogP contribution in [0.3, 0.4) is 0 Å². The van der Waals surface area contributed by atoms with E-state index in [9.17, 15) is 4.79 Å². The largest absolute Gasteiger partial charge is 0.343 e. The molecular weight excluding hydrogens is 270 g/mol. The summed E-state index contributed by atoms with van der Waals surface area (Å²) in [6.07, 6.45) is 0. The highest BCUT2D eigenvalue weighted by molar-refractivity contribution is 5.94. The third-order valence-corrected chi connectivity index (χ3v) is 2.94. The highest BCUT2D eigenvalue weighted by Crippen LogP contribution is 2.17. The summed E-state index contributed by atoms with van der Waals surface area (Å²) in [6, 6.07) is 9.63. The second kappa shape index (κ2) is 5.53. The first-order valence-electron chi connectivity index (χ1n) is 6.36. The van der Waals surface area contributed by atoms with Crippen molar-refractivity contribution in [3.05, 3.63) is 47.5 Å². The quantitative estimate of drug-likeness (QED) is 0.656. The summed E-state index contributed by atoms with van der Waals surface area (Å²) >= 11 is 0. The molecule has 0 aliphatic rings. The van der Waals surface area contributed by atoms with E-state index in [1.807, 2.05) is 37.3 Å². The van der Waals surface area contributed by atoms with Gasteiger partial charge in [0, 0.05) is 11.3 Å². The SMILES string of the molecule is Cc1[nH]c(-c2ccccc2)nc1C(=O)NCc1nn[nH]n1. The minimum atomic E-state index is -0.282. The van der Waals surface area contributed by atoms with Gasteiger partial charge in [0.1, 0.15) is 11.5 Å². The number of hydrogen-bond acceptors (Lipinski definition) is 5. The molecule has 0 spiro atoms. The van der Waals surface area contributed by atoms with Gasteiger partial charge in [0.05, 0.1) is 6.54 Å². The topological polar surface area (TPSA) is 112 Å². The lowest BCUT2D eigenvalue weighted by Crippen LogP contribution is -2.24. The third-order valence-electron chi connectivity index (χ3n) is 2.94. The standard InChI is InChI=1S/C13H13N7O/c1-8-11(13(21)14-7-10-17-19-20-18-10)16-12(15-8)9-5-3-2-4-6-9/h2-6H,7H2,1H3,(H,14,21)(H,15,16)(H,17,18,19,20). The van der Waals surface area contributed by atoms with E-state index in [-0.39, 0.29) is 12.5 Å². The predicted octanol–water partition coefficient (Wildman–Crippen LogP) is 0.828. The van der Waals surface area contributed by atoms with Crippen molar-refractivity contribution in [3.8, 4) is 11.4 Å². The normalized spacial score (nSPS) is 10.5. The number of aryl methyl sites for hydroxylation is 1. The molecule has 1 amide bonds. The molecule has 3 aromatic rings. The van der Waals surface area contributed by atoms with Crippen molar-refractivity contribution in [1.82, 2.24) is 35.9 Å². The number of carbonyl (C=O) groups is 1. The van der Waals surface area contributed by atoms with Crippen molar-refractivity contribution in [2.45, 2.75) is 13.5 Å². The van der Waals surface area contributed by atoms with Crippen molar-refractivity contribution < 1.29 is 4.79 Å². The first kappa shape index (κ1) is 13.0. The Balaban J connectivity index is 1.76. The van der Waals surface area contributed by atoms with E-state index in [0.29, 0.717) is 23.0 Å². The highest BCUT2D eigenvalue weighted by Gasteiger charge is 2.15. The molecule has 8 heteroatoms. The van der Waals surface area contributed by atoms with Gasteiger partial charge in [-0.05, 0) is 6.92 Å². The Kier molecular flexibility index (Phi) is 3.42. The summed E-state index contributed by atoms with van der Waals surface area (Å²) in [7, 11) is 0. The van der Waals surface area contributed by atoms with Crippen LogP contribution in [0.5, 0.6) is 0 Å². The molecule has 3 rings (SSSR count). The number of tetrazole rings is 1. The van der Waals surface area contributed by atoms with Crippen LogP contribution in [0.15, 0.2) is 30.3 Å². The molecule has 2 heterocycles. The minimum absolute atomic E-state index is 0.197. The zero-order chi connectivity index (χ0) is 14.7. The molecule has 21 heavy (non-hydrogen) atoms. The molecule has 0 unspecified atom stereocenters. The fourth-order valence-corrected chi connectivity index (χ4v) is 1.91. The summed E-state index contributed by atoms with van der Waals surface area (Å²) in [5.74, 6) is 0.799. The maximum atomic E-state index is 12.1. The molecule has 0 aliphatic carbocycles. The van der Waals surface area contributed by atoms with E-state index in [2.05, 4.69) is 35.9 Å². The van der Waals surface area contributed by atoms with Crippen molar-refractivity contribution in [3.63, 3.8) is 0 Å². The van der Waals surface area contributed by atoms with Crippen LogP contribution in [-0.2, 0) is 6.54 Å². The Morgan fingerprint density at radius 1 is 1.29 bits per heavy atom. The van der Waals surface area contributed by atoms with Gasteiger partial charge in [-0.25, -0.2) is 4.98 Å². The van der Waals surface area contributed by atoms with E-state index in [1.165, 1.54) is 0 Å². The second-order valence-corrected chi connectivity index (χ2v) is 4.44. The lowest BCUT2D eigenvalue weighted by Gasteiger charge is -1.99. The molecule has 8 nitrogen and oxygen atoms in total. The molecule has 0 saturated heterocycles. The van der Waals surface area contributed by atoms with Crippen molar-refractivity contribution >= 4 is 5.91 Å². The number of aromatic amines is 2. The van der Waals surface area contributed by atoms with E-state index in [1.54, 1.807) is 0 Å². The van der Waals surface area contributed by atoms with Crippen molar-refractivity contribution in [2.24, 2.45) is 0 Å². The van der Waals surface area contributed by atoms with Crippen LogP contribution in [0.4, 0.5) is 0 Å². The van der Waals surface area contributed by atoms with Gasteiger partial charge < -0.3 is 10.3 Å². The fourth-order valence-electron chi connectivity index (χ4n) is 1.91. The first-order valence-corrected chi connectivity index (χ1v) is 6.36. The number of nitrogens with one attached hydrogen (secondary N) is 3. The maximum absolute atomic E-state index is 12.1. The van der Waals surface area contributed by atoms with Gasteiger partial charge in [0.2, 0.25) is 0 Å². The number of rotatable bonds is 4. The Morgan fingerprint density at radius 3 is 2.81 bits per heavy atom. The molecular formula is C13H13N7O. The van der Waals surface area contributed by atoms with Gasteiger partial charge in [-0.15, -0.1) is 10.2 Å². The molecule has 0 aliphatic heterocycles. The van der Waals surface area contributed by atoms with Gasteiger partial charge in [0.15, 0.2) is 5.82 Å². The van der Waals surface area contributed by atoms with E-state index < -0.39 is 0 Å². The number of benzene rings is 1. The summed E-state index contributed by atoms with van der Waals surface area (Å²) in [6.45, 7) is 2.00.